The highest BCUT2D eigenvalue weighted by Gasteiger charge is 2.65. The zero-order valence-electron chi connectivity index (χ0n) is 24.3. The summed E-state index contributed by atoms with van der Waals surface area (Å²) in [5, 5.41) is 3.32. The Morgan fingerprint density at radius 1 is 1.41 bits per heavy atom. The smallest absolute Gasteiger partial charge is 0.242 e. The minimum Gasteiger partial charge on any atom is -0.377 e. The molecular weight excluding hydrogens is 450 g/mol. The SMILES string of the molecule is [2H]C([2H])(C)[C@H]1C(S[C@@H]2CN[C@](C)(C(=O)N(C)CC)C2(C)C)=C(C=O)N2C(=O)[C@H]([C@](C)(OC)C(C)C)[C@@H]12. The van der Waals surface area contributed by atoms with Gasteiger partial charge in [-0.05, 0) is 33.1 Å². The molecule has 34 heavy (non-hydrogen) atoms. The van der Waals surface area contributed by atoms with E-state index in [-0.39, 0.29) is 28.7 Å². The summed E-state index contributed by atoms with van der Waals surface area (Å²) < 4.78 is 23.4. The van der Waals surface area contributed by atoms with Crippen molar-refractivity contribution in [3.05, 3.63) is 10.6 Å². The van der Waals surface area contributed by atoms with Gasteiger partial charge in [-0.25, -0.2) is 0 Å². The molecule has 0 aliphatic carbocycles. The number of hydrogen-bond donors (Lipinski definition) is 1. The topological polar surface area (TPSA) is 79.0 Å². The first-order valence-electron chi connectivity index (χ1n) is 13.2. The van der Waals surface area contributed by atoms with Crippen molar-refractivity contribution in [1.82, 2.24) is 15.1 Å². The van der Waals surface area contributed by atoms with E-state index in [0.29, 0.717) is 24.3 Å². The van der Waals surface area contributed by atoms with Gasteiger partial charge in [0.25, 0.3) is 0 Å². The standard InChI is InChI=1S/C26H43N3O4S/c1-11-16-20-19(25(7,33-10)15(3)4)22(31)29(20)17(14-30)21(16)34-18-13-27-26(8,24(18,5)6)23(32)28(9)12-2/h14-16,18-20,27H,11-13H2,1-10H3/t16-,18-,19-,20-,25-,26-/m1/s1/i11D2. The van der Waals surface area contributed by atoms with Crippen LogP contribution >= 0.6 is 11.8 Å². The Morgan fingerprint density at radius 2 is 2.03 bits per heavy atom. The van der Waals surface area contributed by atoms with Crippen molar-refractivity contribution in [2.45, 2.75) is 84.2 Å². The monoisotopic (exact) mass is 495 g/mol. The molecule has 1 N–H and O–H groups in total. The number of aldehydes is 1. The molecule has 3 aliphatic heterocycles. The van der Waals surface area contributed by atoms with Gasteiger partial charge in [-0.1, -0.05) is 34.6 Å². The first-order chi connectivity index (χ1) is 16.4. The Morgan fingerprint density at radius 3 is 2.50 bits per heavy atom. The van der Waals surface area contributed by atoms with Crippen molar-refractivity contribution in [2.24, 2.45) is 23.2 Å². The van der Waals surface area contributed by atoms with Crippen LogP contribution in [-0.4, -0.2) is 77.6 Å². The molecule has 0 saturated carbocycles. The third-order valence-corrected chi connectivity index (χ3v) is 10.9. The molecule has 8 heteroatoms. The molecule has 3 heterocycles. The Bertz CT molecular complexity index is 965. The molecule has 2 fully saturated rings. The van der Waals surface area contributed by atoms with E-state index >= 15 is 0 Å². The number of hydrogen-bond acceptors (Lipinski definition) is 6. The Balaban J connectivity index is 2.04. The predicted molar refractivity (Wildman–Crippen MR) is 136 cm³/mol. The van der Waals surface area contributed by atoms with Crippen LogP contribution in [0.5, 0.6) is 0 Å². The lowest BCUT2D eigenvalue weighted by Gasteiger charge is -2.54. The van der Waals surface area contributed by atoms with Gasteiger partial charge in [0, 0.05) is 51.5 Å². The van der Waals surface area contributed by atoms with Crippen molar-refractivity contribution in [2.75, 3.05) is 27.2 Å². The van der Waals surface area contributed by atoms with E-state index in [1.165, 1.54) is 23.6 Å². The van der Waals surface area contributed by atoms with Crippen molar-refractivity contribution >= 4 is 29.9 Å². The molecule has 2 amide bonds. The summed E-state index contributed by atoms with van der Waals surface area (Å²) in [6.45, 7) is 16.5. The van der Waals surface area contributed by atoms with E-state index in [1.54, 1.807) is 19.1 Å². The summed E-state index contributed by atoms with van der Waals surface area (Å²) in [5.74, 6) is -1.41. The Kier molecular flexibility index (Phi) is 6.61. The number of fused-ring (bicyclic) bond motifs is 1. The van der Waals surface area contributed by atoms with Crippen molar-refractivity contribution < 1.29 is 21.9 Å². The number of β-lactam (4-membered cyclic amide) rings is 1. The second kappa shape index (κ2) is 9.25. The van der Waals surface area contributed by atoms with Gasteiger partial charge in [-0.2, -0.15) is 0 Å². The second-order valence-electron chi connectivity index (χ2n) is 11.0. The lowest BCUT2D eigenvalue weighted by Crippen LogP contribution is -2.68. The first-order valence-corrected chi connectivity index (χ1v) is 13.1. The van der Waals surface area contributed by atoms with E-state index in [2.05, 4.69) is 5.32 Å². The molecule has 192 valence electrons. The first kappa shape index (κ1) is 24.3. The van der Waals surface area contributed by atoms with Gasteiger partial charge in [0.1, 0.15) is 5.54 Å². The fraction of sp³-hybridized carbons (Fsp3) is 0.808. The molecule has 3 aliphatic rings. The van der Waals surface area contributed by atoms with Crippen LogP contribution in [0.25, 0.3) is 0 Å². The number of nitrogens with zero attached hydrogens (tertiary/aromatic N) is 2. The lowest BCUT2D eigenvalue weighted by molar-refractivity contribution is -0.183. The number of allylic oxidation sites excluding steroid dienone is 1. The van der Waals surface area contributed by atoms with E-state index in [0.717, 1.165) is 0 Å². The van der Waals surface area contributed by atoms with Crippen molar-refractivity contribution in [3.8, 4) is 0 Å². The van der Waals surface area contributed by atoms with Crippen LogP contribution in [0.1, 0.15) is 64.5 Å². The molecule has 0 spiro atoms. The largest absolute Gasteiger partial charge is 0.377 e. The highest BCUT2D eigenvalue weighted by atomic mass is 32.2. The molecule has 3 rings (SSSR count). The quantitative estimate of drug-likeness (QED) is 0.391. The predicted octanol–water partition coefficient (Wildman–Crippen LogP) is 3.29. The van der Waals surface area contributed by atoms with E-state index in [9.17, 15) is 14.4 Å². The number of nitrogens with one attached hydrogen (secondary N) is 1. The molecule has 7 nitrogen and oxygen atoms in total. The molecule has 2 saturated heterocycles. The van der Waals surface area contributed by atoms with Crippen molar-refractivity contribution in [3.63, 3.8) is 0 Å². The highest BCUT2D eigenvalue weighted by Crippen LogP contribution is 2.57. The fourth-order valence-corrected chi connectivity index (χ4v) is 7.42. The zero-order chi connectivity index (χ0) is 27.6. The van der Waals surface area contributed by atoms with Crippen molar-refractivity contribution in [1.29, 1.82) is 0 Å². The minimum absolute atomic E-state index is 0.00309. The number of carbonyl (C=O) groups excluding carboxylic acids is 3. The molecule has 6 atom stereocenters. The maximum absolute atomic E-state index is 13.5. The molecule has 0 aromatic rings. The maximum Gasteiger partial charge on any atom is 0.242 e. The number of rotatable bonds is 9. The zero-order valence-corrected chi connectivity index (χ0v) is 23.1. The summed E-state index contributed by atoms with van der Waals surface area (Å²) >= 11 is 1.45. The molecule has 0 aromatic carbocycles. The molecular formula is C26H43N3O4S. The van der Waals surface area contributed by atoms with E-state index in [1.807, 2.05) is 48.5 Å². The Hall–Kier alpha value is -1.38. The molecule has 0 aromatic heterocycles. The average molecular weight is 496 g/mol. The van der Waals surface area contributed by atoms with Crippen LogP contribution in [0.4, 0.5) is 0 Å². The molecule has 0 unspecified atom stereocenters. The number of ether oxygens (including phenoxy) is 1. The van der Waals surface area contributed by atoms with Crippen LogP contribution in [-0.2, 0) is 19.1 Å². The second-order valence-corrected chi connectivity index (χ2v) is 12.3. The maximum atomic E-state index is 13.5. The average Bonchev–Trinajstić information content (AvgIpc) is 3.21. The summed E-state index contributed by atoms with van der Waals surface area (Å²) in [6, 6.07) is -0.496. The number of methoxy groups -OCH3 is 1. The molecule has 0 radical (unpaired) electrons. The summed E-state index contributed by atoms with van der Waals surface area (Å²) in [7, 11) is 3.37. The number of thioether (sulfide) groups is 1. The number of carbonyl (C=O) groups is 3. The van der Waals surface area contributed by atoms with E-state index < -0.39 is 40.8 Å². The summed E-state index contributed by atoms with van der Waals surface area (Å²) in [5.41, 5.74) is -1.87. The third kappa shape index (κ3) is 3.58. The molecule has 0 bridgehead atoms. The van der Waals surface area contributed by atoms with Gasteiger partial charge in [-0.3, -0.25) is 14.4 Å². The van der Waals surface area contributed by atoms with Crippen LogP contribution in [0, 0.1) is 23.2 Å². The van der Waals surface area contributed by atoms with Crippen LogP contribution in [0.15, 0.2) is 10.6 Å². The van der Waals surface area contributed by atoms with Gasteiger partial charge >= 0.3 is 0 Å². The fourth-order valence-electron chi connectivity index (χ4n) is 5.74. The van der Waals surface area contributed by atoms with Gasteiger partial charge in [0.05, 0.1) is 23.3 Å². The van der Waals surface area contributed by atoms with E-state index in [4.69, 9.17) is 7.48 Å². The number of amides is 2. The minimum atomic E-state index is -1.68. The third-order valence-electron chi connectivity index (χ3n) is 9.16. The normalized spacial score (nSPS) is 35.5. The lowest BCUT2D eigenvalue weighted by atomic mass is 9.67. The van der Waals surface area contributed by atoms with Gasteiger partial charge in [0.2, 0.25) is 11.8 Å². The number of likely N-dealkylation sites (N-methyl/N-ethyl adjacent to an activating group) is 1. The van der Waals surface area contributed by atoms with Crippen LogP contribution < -0.4 is 5.32 Å². The highest BCUT2D eigenvalue weighted by molar-refractivity contribution is 8.03. The van der Waals surface area contributed by atoms with Crippen LogP contribution in [0.2, 0.25) is 0 Å². The van der Waals surface area contributed by atoms with Gasteiger partial charge in [-0.15, -0.1) is 11.8 Å². The summed E-state index contributed by atoms with van der Waals surface area (Å²) in [4.78, 5) is 43.0. The van der Waals surface area contributed by atoms with Crippen LogP contribution in [0.3, 0.4) is 0 Å². The van der Waals surface area contributed by atoms with Gasteiger partial charge in [0.15, 0.2) is 6.29 Å². The van der Waals surface area contributed by atoms with Gasteiger partial charge < -0.3 is 19.9 Å². The Labute approximate surface area is 212 Å². The summed E-state index contributed by atoms with van der Waals surface area (Å²) in [6.07, 6.45) is -0.988.